The van der Waals surface area contributed by atoms with E-state index in [1.807, 2.05) is 11.4 Å². The van der Waals surface area contributed by atoms with Crippen LogP contribution in [0.2, 0.25) is 0 Å². The number of hydrogen-bond acceptors (Lipinski definition) is 3. The number of fused-ring (bicyclic) bond motifs is 1. The van der Waals surface area contributed by atoms with Crippen molar-refractivity contribution in [3.63, 3.8) is 0 Å². The van der Waals surface area contributed by atoms with E-state index in [2.05, 4.69) is 6.07 Å². The summed E-state index contributed by atoms with van der Waals surface area (Å²) < 4.78 is 0. The van der Waals surface area contributed by atoms with E-state index in [0.717, 1.165) is 10.4 Å². The fourth-order valence-corrected chi connectivity index (χ4v) is 2.43. The molecular formula is C9H7NOS. The van der Waals surface area contributed by atoms with Gasteiger partial charge in [0.1, 0.15) is 0 Å². The first-order valence-electron chi connectivity index (χ1n) is 3.83. The molecule has 0 bridgehead atoms. The molecule has 0 radical (unpaired) electrons. The maximum atomic E-state index is 11.3. The third-order valence-corrected chi connectivity index (χ3v) is 3.11. The van der Waals surface area contributed by atoms with Gasteiger partial charge in [0.25, 0.3) is 0 Å². The van der Waals surface area contributed by atoms with Crippen molar-refractivity contribution in [2.45, 2.75) is 18.8 Å². The average molecular weight is 177 g/mol. The largest absolute Gasteiger partial charge is 0.293 e. The van der Waals surface area contributed by atoms with Crippen LogP contribution < -0.4 is 0 Å². The molecule has 1 aliphatic carbocycles. The average Bonchev–Trinajstić information content (AvgIpc) is 2.54. The van der Waals surface area contributed by atoms with Gasteiger partial charge in [0.05, 0.1) is 16.9 Å². The summed E-state index contributed by atoms with van der Waals surface area (Å²) in [6.45, 7) is 0. The molecule has 1 heterocycles. The van der Waals surface area contributed by atoms with Crippen LogP contribution in [-0.4, -0.2) is 5.78 Å². The van der Waals surface area contributed by atoms with E-state index in [1.54, 1.807) is 0 Å². The zero-order valence-electron chi connectivity index (χ0n) is 6.41. The quantitative estimate of drug-likeness (QED) is 0.610. The van der Waals surface area contributed by atoms with Gasteiger partial charge in [-0.15, -0.1) is 11.3 Å². The Labute approximate surface area is 74.4 Å². The Morgan fingerprint density at radius 2 is 2.50 bits per heavy atom. The summed E-state index contributed by atoms with van der Waals surface area (Å²) in [4.78, 5) is 12.1. The Hall–Kier alpha value is -1.14. The minimum absolute atomic E-state index is 0.0519. The maximum Gasteiger partial charge on any atom is 0.173 e. The van der Waals surface area contributed by atoms with Crippen molar-refractivity contribution < 1.29 is 4.79 Å². The first-order valence-corrected chi connectivity index (χ1v) is 4.71. The van der Waals surface area contributed by atoms with Gasteiger partial charge in [-0.3, -0.25) is 4.79 Å². The van der Waals surface area contributed by atoms with Crippen LogP contribution in [0.4, 0.5) is 0 Å². The maximum absolute atomic E-state index is 11.3. The number of thiophene rings is 1. The zero-order valence-corrected chi connectivity index (χ0v) is 7.23. The van der Waals surface area contributed by atoms with Crippen LogP contribution in [0.15, 0.2) is 11.4 Å². The molecule has 1 aromatic rings. The lowest BCUT2D eigenvalue weighted by Crippen LogP contribution is -2.11. The van der Waals surface area contributed by atoms with Crippen LogP contribution in [0.5, 0.6) is 0 Å². The summed E-state index contributed by atoms with van der Waals surface area (Å²) in [5.74, 6) is 0.149. The molecule has 0 aliphatic heterocycles. The predicted octanol–water partition coefficient (Wildman–Crippen LogP) is 2.33. The highest BCUT2D eigenvalue weighted by Gasteiger charge is 2.26. The lowest BCUT2D eigenvalue weighted by molar-refractivity contribution is 0.0974. The van der Waals surface area contributed by atoms with Gasteiger partial charge in [-0.05, 0) is 23.4 Å². The second-order valence-corrected chi connectivity index (χ2v) is 3.76. The highest BCUT2D eigenvalue weighted by atomic mass is 32.1. The molecule has 60 valence electrons. The minimum atomic E-state index is -0.0519. The number of Topliss-reactive ketones (excluding diaryl/α,β-unsaturated/α-hetero) is 1. The van der Waals surface area contributed by atoms with Crippen LogP contribution in [0, 0.1) is 11.3 Å². The van der Waals surface area contributed by atoms with E-state index in [-0.39, 0.29) is 11.7 Å². The normalized spacial score (nSPS) is 21.6. The number of nitrogens with zero attached hydrogens (tertiary/aromatic N) is 1. The van der Waals surface area contributed by atoms with E-state index in [1.165, 1.54) is 11.3 Å². The molecule has 0 spiro atoms. The summed E-state index contributed by atoms with van der Waals surface area (Å²) in [5.41, 5.74) is 0.943. The summed E-state index contributed by atoms with van der Waals surface area (Å²) in [6.07, 6.45) is 1.23. The second kappa shape index (κ2) is 2.72. The summed E-state index contributed by atoms with van der Waals surface area (Å²) in [7, 11) is 0. The Morgan fingerprint density at radius 1 is 1.67 bits per heavy atom. The van der Waals surface area contributed by atoms with E-state index in [9.17, 15) is 4.79 Å². The summed E-state index contributed by atoms with van der Waals surface area (Å²) >= 11 is 1.45. The Morgan fingerprint density at radius 3 is 3.25 bits per heavy atom. The van der Waals surface area contributed by atoms with Crippen molar-refractivity contribution in [1.29, 1.82) is 5.26 Å². The highest BCUT2D eigenvalue weighted by molar-refractivity contribution is 7.12. The molecule has 12 heavy (non-hydrogen) atoms. The van der Waals surface area contributed by atoms with Crippen LogP contribution in [0.25, 0.3) is 0 Å². The lowest BCUT2D eigenvalue weighted by Gasteiger charge is -2.14. The third-order valence-electron chi connectivity index (χ3n) is 2.14. The van der Waals surface area contributed by atoms with Gasteiger partial charge < -0.3 is 0 Å². The molecule has 1 unspecified atom stereocenters. The zero-order chi connectivity index (χ0) is 8.55. The van der Waals surface area contributed by atoms with Gasteiger partial charge in [0.15, 0.2) is 5.78 Å². The molecule has 2 rings (SSSR count). The number of nitriles is 1. The van der Waals surface area contributed by atoms with Crippen molar-refractivity contribution in [3.05, 3.63) is 21.9 Å². The van der Waals surface area contributed by atoms with Crippen LogP contribution in [0.3, 0.4) is 0 Å². The molecular weight excluding hydrogens is 170 g/mol. The minimum Gasteiger partial charge on any atom is -0.293 e. The van der Waals surface area contributed by atoms with E-state index in [4.69, 9.17) is 5.26 Å². The van der Waals surface area contributed by atoms with Crippen molar-refractivity contribution in [1.82, 2.24) is 0 Å². The van der Waals surface area contributed by atoms with E-state index >= 15 is 0 Å². The van der Waals surface area contributed by atoms with Gasteiger partial charge >= 0.3 is 0 Å². The van der Waals surface area contributed by atoms with Crippen LogP contribution in [-0.2, 0) is 0 Å². The first-order chi connectivity index (χ1) is 5.83. The fourth-order valence-electron chi connectivity index (χ4n) is 1.50. The monoisotopic (exact) mass is 177 g/mol. The van der Waals surface area contributed by atoms with Gasteiger partial charge in [0.2, 0.25) is 0 Å². The van der Waals surface area contributed by atoms with Gasteiger partial charge in [-0.1, -0.05) is 0 Å². The van der Waals surface area contributed by atoms with Gasteiger partial charge in [-0.25, -0.2) is 0 Å². The van der Waals surface area contributed by atoms with Crippen LogP contribution >= 0.6 is 11.3 Å². The van der Waals surface area contributed by atoms with E-state index < -0.39 is 0 Å². The smallest absolute Gasteiger partial charge is 0.173 e. The molecule has 0 aromatic carbocycles. The molecule has 0 amide bonds. The third kappa shape index (κ3) is 0.961. The predicted molar refractivity (Wildman–Crippen MR) is 46.2 cm³/mol. The van der Waals surface area contributed by atoms with Crippen molar-refractivity contribution in [3.8, 4) is 6.07 Å². The topological polar surface area (TPSA) is 40.9 Å². The molecule has 0 N–H and O–H groups in total. The summed E-state index contributed by atoms with van der Waals surface area (Å²) in [5, 5.41) is 10.7. The molecule has 0 saturated carbocycles. The molecule has 1 atom stereocenters. The highest BCUT2D eigenvalue weighted by Crippen LogP contribution is 2.34. The Balaban J connectivity index is 2.51. The van der Waals surface area contributed by atoms with Crippen molar-refractivity contribution in [2.75, 3.05) is 0 Å². The number of ketones is 1. The Kier molecular flexibility index (Phi) is 1.70. The number of rotatable bonds is 0. The number of hydrogen-bond donors (Lipinski definition) is 0. The molecule has 3 heteroatoms. The number of carbonyl (C=O) groups is 1. The van der Waals surface area contributed by atoms with Gasteiger partial charge in [-0.2, -0.15) is 5.26 Å². The van der Waals surface area contributed by atoms with Crippen molar-refractivity contribution in [2.24, 2.45) is 0 Å². The molecule has 0 fully saturated rings. The Bertz CT molecular complexity index is 361. The molecule has 2 nitrogen and oxygen atoms in total. The van der Waals surface area contributed by atoms with E-state index in [0.29, 0.717) is 12.8 Å². The second-order valence-electron chi connectivity index (χ2n) is 2.85. The standard InChI is InChI=1S/C9H7NOS/c10-5-6-1-2-8(11)9-7(6)3-4-12-9/h3-4,6H,1-2H2. The lowest BCUT2D eigenvalue weighted by atomic mass is 9.88. The van der Waals surface area contributed by atoms with Gasteiger partial charge in [0, 0.05) is 6.42 Å². The molecule has 0 saturated heterocycles. The fraction of sp³-hybridized carbons (Fsp3) is 0.333. The van der Waals surface area contributed by atoms with Crippen molar-refractivity contribution >= 4 is 17.1 Å². The molecule has 1 aliphatic rings. The number of carbonyl (C=O) groups excluding carboxylic acids is 1. The molecule has 1 aromatic heterocycles. The summed E-state index contributed by atoms with van der Waals surface area (Å²) in [6, 6.07) is 4.12. The van der Waals surface area contributed by atoms with Crippen LogP contribution in [0.1, 0.15) is 34.0 Å². The first kappa shape index (κ1) is 7.51. The SMILES string of the molecule is N#CC1CCC(=O)c2sccc21.